The van der Waals surface area contributed by atoms with Crippen LogP contribution in [0.15, 0.2) is 41.4 Å². The van der Waals surface area contributed by atoms with Gasteiger partial charge >= 0.3 is 0 Å². The molecule has 0 saturated carbocycles. The molecule has 2 atom stereocenters. The van der Waals surface area contributed by atoms with Crippen molar-refractivity contribution >= 4 is 33.0 Å². The van der Waals surface area contributed by atoms with Gasteiger partial charge in [0.05, 0.1) is 22.5 Å². The first kappa shape index (κ1) is 26.8. The first-order chi connectivity index (χ1) is 18.0. The number of amides is 1. The van der Waals surface area contributed by atoms with Crippen LogP contribution in [0.2, 0.25) is 0 Å². The van der Waals surface area contributed by atoms with E-state index >= 15 is 0 Å². The second kappa shape index (κ2) is 8.31. The maximum atomic E-state index is 13.2. The summed E-state index contributed by atoms with van der Waals surface area (Å²) in [4.78, 5) is 20.6. The minimum absolute atomic E-state index is 0.00321. The summed E-state index contributed by atoms with van der Waals surface area (Å²) in [5.74, 6) is 1.54. The van der Waals surface area contributed by atoms with Gasteiger partial charge in [-0.25, -0.2) is 4.98 Å². The summed E-state index contributed by atoms with van der Waals surface area (Å²) < 4.78 is 7.85. The van der Waals surface area contributed by atoms with Crippen LogP contribution in [0.4, 0.5) is 0 Å². The number of carbonyl (C=O) groups is 1. The van der Waals surface area contributed by atoms with Gasteiger partial charge in [-0.15, -0.1) is 11.3 Å². The molecular formula is C34H44N2O2S. The number of hydrogen-bond donors (Lipinski definition) is 0. The van der Waals surface area contributed by atoms with E-state index in [1.807, 2.05) is 6.26 Å². The summed E-state index contributed by atoms with van der Waals surface area (Å²) in [6, 6.07) is 4.81. The molecule has 0 N–H and O–H groups in total. The number of thiazole rings is 1. The lowest BCUT2D eigenvalue weighted by Crippen LogP contribution is -2.62. The zero-order valence-corrected chi connectivity index (χ0v) is 26.2. The van der Waals surface area contributed by atoms with E-state index in [2.05, 4.69) is 92.3 Å². The number of allylic oxidation sites excluding steroid dienone is 3. The van der Waals surface area contributed by atoms with Crippen molar-refractivity contribution < 1.29 is 9.53 Å². The van der Waals surface area contributed by atoms with Gasteiger partial charge in [0.15, 0.2) is 0 Å². The SMILES string of the molecule is CC1(C)CCN2C(=O)CC(C)(C)C3C4=C(C=C1C32)CC(c1nc2c(C(C)(C)C)cc(C(C)(C)C)cc2s1)=CO4. The predicted molar refractivity (Wildman–Crippen MR) is 162 cm³/mol. The topological polar surface area (TPSA) is 42.4 Å². The number of piperidine rings is 2. The zero-order valence-electron chi connectivity index (χ0n) is 25.4. The van der Waals surface area contributed by atoms with Gasteiger partial charge in [-0.1, -0.05) is 81.4 Å². The van der Waals surface area contributed by atoms with Crippen molar-refractivity contribution in [1.29, 1.82) is 0 Å². The Balaban J connectivity index is 1.43. The Morgan fingerprint density at radius 2 is 1.77 bits per heavy atom. The largest absolute Gasteiger partial charge is 0.468 e. The predicted octanol–water partition coefficient (Wildman–Crippen LogP) is 8.52. The van der Waals surface area contributed by atoms with Crippen molar-refractivity contribution in [3.63, 3.8) is 0 Å². The molecule has 0 bridgehead atoms. The van der Waals surface area contributed by atoms with E-state index in [-0.39, 0.29) is 39.5 Å². The molecule has 208 valence electrons. The van der Waals surface area contributed by atoms with Crippen molar-refractivity contribution in [2.75, 3.05) is 6.54 Å². The van der Waals surface area contributed by atoms with Crippen LogP contribution >= 0.6 is 11.3 Å². The second-order valence-electron chi connectivity index (χ2n) is 15.6. The molecule has 2 saturated heterocycles. The summed E-state index contributed by atoms with van der Waals surface area (Å²) in [5.41, 5.74) is 7.59. The summed E-state index contributed by atoms with van der Waals surface area (Å²) in [6.45, 7) is 23.7. The van der Waals surface area contributed by atoms with Crippen LogP contribution in [0.25, 0.3) is 15.8 Å². The minimum Gasteiger partial charge on any atom is -0.468 e. The van der Waals surface area contributed by atoms with Crippen LogP contribution in [0.1, 0.15) is 105 Å². The van der Waals surface area contributed by atoms with Crippen LogP contribution in [0.3, 0.4) is 0 Å². The monoisotopic (exact) mass is 544 g/mol. The Bertz CT molecular complexity index is 1490. The molecule has 1 amide bonds. The van der Waals surface area contributed by atoms with E-state index in [1.54, 1.807) is 11.3 Å². The third-order valence-corrected chi connectivity index (χ3v) is 10.7. The van der Waals surface area contributed by atoms with Gasteiger partial charge in [-0.05, 0) is 56.4 Å². The molecule has 4 aliphatic rings. The number of aromatic nitrogens is 1. The van der Waals surface area contributed by atoms with Gasteiger partial charge in [0.1, 0.15) is 10.8 Å². The summed E-state index contributed by atoms with van der Waals surface area (Å²) in [6.07, 6.45) is 6.74. The van der Waals surface area contributed by atoms with E-state index in [4.69, 9.17) is 9.72 Å². The Morgan fingerprint density at radius 3 is 2.44 bits per heavy atom. The smallest absolute Gasteiger partial charge is 0.223 e. The molecule has 39 heavy (non-hydrogen) atoms. The highest BCUT2D eigenvalue weighted by atomic mass is 32.1. The molecule has 1 aromatic carbocycles. The molecule has 4 nitrogen and oxygen atoms in total. The van der Waals surface area contributed by atoms with Crippen LogP contribution in [0, 0.1) is 16.7 Å². The molecule has 1 aromatic heterocycles. The van der Waals surface area contributed by atoms with Gasteiger partial charge in [0, 0.05) is 30.9 Å². The molecule has 5 heteroatoms. The molecule has 4 heterocycles. The third kappa shape index (κ3) is 4.22. The highest BCUT2D eigenvalue weighted by Gasteiger charge is 2.56. The van der Waals surface area contributed by atoms with E-state index in [0.717, 1.165) is 41.2 Å². The molecule has 0 radical (unpaired) electrons. The summed E-state index contributed by atoms with van der Waals surface area (Å²) >= 11 is 1.79. The molecule has 1 aliphatic carbocycles. The molecule has 2 unspecified atom stereocenters. The second-order valence-corrected chi connectivity index (χ2v) is 16.7. The number of nitrogens with zero attached hydrogens (tertiary/aromatic N) is 2. The average molecular weight is 545 g/mol. The lowest BCUT2D eigenvalue weighted by Gasteiger charge is -2.58. The molecular weight excluding hydrogens is 500 g/mol. The normalized spacial score (nSPS) is 26.1. The average Bonchev–Trinajstić information content (AvgIpc) is 3.24. The summed E-state index contributed by atoms with van der Waals surface area (Å²) in [5, 5.41) is 1.05. The Hall–Kier alpha value is -2.40. The van der Waals surface area contributed by atoms with Crippen molar-refractivity contribution in [1.82, 2.24) is 9.88 Å². The number of ether oxygens (including phenoxy) is 1. The quantitative estimate of drug-likeness (QED) is 0.361. The molecule has 3 aliphatic heterocycles. The first-order valence-corrected chi connectivity index (χ1v) is 15.4. The van der Waals surface area contributed by atoms with Gasteiger partial charge < -0.3 is 9.64 Å². The van der Waals surface area contributed by atoms with Crippen molar-refractivity contribution in [3.05, 3.63) is 57.5 Å². The van der Waals surface area contributed by atoms with Crippen molar-refractivity contribution in [2.45, 2.75) is 105 Å². The maximum Gasteiger partial charge on any atom is 0.223 e. The number of fused-ring (bicyclic) bond motifs is 2. The molecule has 2 fully saturated rings. The van der Waals surface area contributed by atoms with Gasteiger partial charge in [-0.3, -0.25) is 4.79 Å². The highest BCUT2D eigenvalue weighted by Crippen LogP contribution is 2.57. The fourth-order valence-corrected chi connectivity index (χ4v) is 8.16. The van der Waals surface area contributed by atoms with Crippen molar-refractivity contribution in [2.24, 2.45) is 16.7 Å². The maximum absolute atomic E-state index is 13.2. The fourth-order valence-electron chi connectivity index (χ4n) is 7.12. The highest BCUT2D eigenvalue weighted by molar-refractivity contribution is 7.19. The van der Waals surface area contributed by atoms with Crippen molar-refractivity contribution in [3.8, 4) is 0 Å². The standard InChI is InChI=1S/C34H44N2O2S/c1-31(2,3)21-15-22(32(4,5)6)27-24(16-21)39-30(35-27)20-13-19-14-23-28-26(29(19)38-18-20)34(9,10)17-25(37)36(28)12-11-33(23,7)8/h14-16,18,26,28H,11-13,17H2,1-10H3. The number of rotatable bonds is 1. The van der Waals surface area contributed by atoms with Gasteiger partial charge in [-0.2, -0.15) is 0 Å². The van der Waals surface area contributed by atoms with E-state index in [9.17, 15) is 4.79 Å². The van der Waals surface area contributed by atoms with Gasteiger partial charge in [0.25, 0.3) is 0 Å². The lowest BCUT2D eigenvalue weighted by molar-refractivity contribution is -0.147. The number of benzene rings is 1. The summed E-state index contributed by atoms with van der Waals surface area (Å²) in [7, 11) is 0. The van der Waals surface area contributed by atoms with E-state index in [1.165, 1.54) is 27.0 Å². The number of carbonyl (C=O) groups excluding carboxylic acids is 1. The van der Waals surface area contributed by atoms with Crippen LogP contribution < -0.4 is 0 Å². The van der Waals surface area contributed by atoms with E-state index in [0.29, 0.717) is 6.42 Å². The molecule has 0 spiro atoms. The Labute approximate surface area is 238 Å². The van der Waals surface area contributed by atoms with Crippen LogP contribution in [0.5, 0.6) is 0 Å². The Kier molecular flexibility index (Phi) is 5.71. The zero-order chi connectivity index (χ0) is 28.3. The Morgan fingerprint density at radius 1 is 1.05 bits per heavy atom. The van der Waals surface area contributed by atoms with Crippen LogP contribution in [-0.4, -0.2) is 28.4 Å². The lowest BCUT2D eigenvalue weighted by atomic mass is 9.58. The number of hydrogen-bond acceptors (Lipinski definition) is 4. The van der Waals surface area contributed by atoms with Crippen LogP contribution in [-0.2, 0) is 20.4 Å². The molecule has 6 rings (SSSR count). The molecule has 2 aromatic rings. The van der Waals surface area contributed by atoms with E-state index < -0.39 is 0 Å². The fraction of sp³-hybridized carbons (Fsp3) is 0.588. The van der Waals surface area contributed by atoms with Gasteiger partial charge in [0.2, 0.25) is 5.91 Å². The third-order valence-electron chi connectivity index (χ3n) is 9.58. The first-order valence-electron chi connectivity index (χ1n) is 14.5. The minimum atomic E-state index is -0.155.